The summed E-state index contributed by atoms with van der Waals surface area (Å²) in [5, 5.41) is 0. The molecule has 0 fully saturated rings. The molecular weight excluding hydrogens is 475 g/mol. The molecule has 2 heterocycles. The van der Waals surface area contributed by atoms with E-state index in [0.29, 0.717) is 23.7 Å². The van der Waals surface area contributed by atoms with Gasteiger partial charge in [0, 0.05) is 6.54 Å². The highest BCUT2D eigenvalue weighted by Crippen LogP contribution is 2.20. The Morgan fingerprint density at radius 2 is 1.32 bits per heavy atom. The lowest BCUT2D eigenvalue weighted by molar-refractivity contribution is 0.414. The number of rotatable bonds is 8. The Morgan fingerprint density at radius 3 is 1.92 bits per heavy atom. The number of hydrogen-bond acceptors (Lipinski definition) is 5. The maximum Gasteiger partial charge on any atom is 0.331 e. The summed E-state index contributed by atoms with van der Waals surface area (Å²) in [5.41, 5.74) is 1.73. The third-order valence-electron chi connectivity index (χ3n) is 6.24. The van der Waals surface area contributed by atoms with Gasteiger partial charge >= 0.3 is 5.69 Å². The first-order valence-corrected chi connectivity index (χ1v) is 11.7. The molecule has 188 valence electrons. The molecule has 5 rings (SSSR count). The van der Waals surface area contributed by atoms with Crippen LogP contribution in [0.3, 0.4) is 0 Å². The van der Waals surface area contributed by atoms with Gasteiger partial charge in [-0.3, -0.25) is 13.9 Å². The molecule has 0 saturated heterocycles. The first-order valence-electron chi connectivity index (χ1n) is 11.7. The van der Waals surface area contributed by atoms with Gasteiger partial charge in [-0.1, -0.05) is 36.4 Å². The average Bonchev–Trinajstić information content (AvgIpc) is 3.27. The molecule has 3 aromatic carbocycles. The minimum Gasteiger partial charge on any atom is -0.497 e. The molecule has 0 bridgehead atoms. The molecule has 5 aromatic rings. The Kier molecular flexibility index (Phi) is 6.59. The topological polar surface area (TPSA) is 80.3 Å². The summed E-state index contributed by atoms with van der Waals surface area (Å²) in [6, 6.07) is 22.2. The number of nitrogens with zero attached hydrogens (tertiary/aromatic N) is 4. The van der Waals surface area contributed by atoms with Gasteiger partial charge in [0.15, 0.2) is 0 Å². The molecule has 37 heavy (non-hydrogen) atoms. The van der Waals surface area contributed by atoms with Crippen molar-refractivity contribution in [3.63, 3.8) is 0 Å². The predicted molar refractivity (Wildman–Crippen MR) is 138 cm³/mol. The van der Waals surface area contributed by atoms with Crippen LogP contribution in [0, 0.1) is 5.82 Å². The van der Waals surface area contributed by atoms with Gasteiger partial charge in [-0.25, -0.2) is 9.78 Å². The van der Waals surface area contributed by atoms with Crippen molar-refractivity contribution in [2.75, 3.05) is 14.2 Å². The van der Waals surface area contributed by atoms with E-state index >= 15 is 0 Å². The quantitative estimate of drug-likeness (QED) is 0.325. The Morgan fingerprint density at radius 1 is 0.757 bits per heavy atom. The van der Waals surface area contributed by atoms with Crippen molar-refractivity contribution in [2.45, 2.75) is 19.6 Å². The number of halogens is 1. The van der Waals surface area contributed by atoms with E-state index in [1.807, 2.05) is 53.1 Å². The summed E-state index contributed by atoms with van der Waals surface area (Å²) >= 11 is 0. The molecule has 0 aliphatic carbocycles. The number of methoxy groups -OCH3 is 2. The van der Waals surface area contributed by atoms with E-state index in [4.69, 9.17) is 14.5 Å². The van der Waals surface area contributed by atoms with Crippen molar-refractivity contribution in [1.29, 1.82) is 0 Å². The molecule has 0 spiro atoms. The summed E-state index contributed by atoms with van der Waals surface area (Å²) < 4.78 is 29.2. The van der Waals surface area contributed by atoms with Gasteiger partial charge in [0.25, 0.3) is 5.56 Å². The molecule has 8 nitrogen and oxygen atoms in total. The van der Waals surface area contributed by atoms with E-state index < -0.39 is 17.1 Å². The zero-order valence-corrected chi connectivity index (χ0v) is 20.4. The maximum atomic E-state index is 14.7. The lowest BCUT2D eigenvalue weighted by Crippen LogP contribution is -2.41. The molecule has 0 aliphatic heterocycles. The smallest absolute Gasteiger partial charge is 0.331 e. The molecule has 0 amide bonds. The van der Waals surface area contributed by atoms with Crippen LogP contribution in [0.5, 0.6) is 11.5 Å². The van der Waals surface area contributed by atoms with Crippen molar-refractivity contribution in [1.82, 2.24) is 18.7 Å². The third kappa shape index (κ3) is 4.88. The lowest BCUT2D eigenvalue weighted by Gasteiger charge is -2.13. The van der Waals surface area contributed by atoms with E-state index in [0.717, 1.165) is 33.1 Å². The van der Waals surface area contributed by atoms with Crippen LogP contribution < -0.4 is 20.7 Å². The largest absolute Gasteiger partial charge is 0.497 e. The van der Waals surface area contributed by atoms with Crippen LogP contribution in [0.25, 0.3) is 11.0 Å². The molecule has 9 heteroatoms. The minimum atomic E-state index is -1.01. The molecule has 0 N–H and O–H groups in total. The summed E-state index contributed by atoms with van der Waals surface area (Å²) in [4.78, 5) is 30.6. The lowest BCUT2D eigenvalue weighted by atomic mass is 10.2. The normalized spacial score (nSPS) is 11.1. The van der Waals surface area contributed by atoms with Crippen LogP contribution in [-0.4, -0.2) is 32.9 Å². The first kappa shape index (κ1) is 24.1. The Labute approximate surface area is 211 Å². The average molecular weight is 501 g/mol. The van der Waals surface area contributed by atoms with E-state index in [9.17, 15) is 14.0 Å². The Hall–Kier alpha value is -4.66. The molecule has 0 unspecified atom stereocenters. The van der Waals surface area contributed by atoms with Gasteiger partial charge in [0.1, 0.15) is 17.3 Å². The SMILES string of the molecule is COc1ccc(Cn2c(=O)c(F)cn(Cc3nc4ccccc4n3Cc3ccc(OC)cc3)c2=O)cc1. The zero-order valence-electron chi connectivity index (χ0n) is 20.4. The number of aromatic nitrogens is 4. The number of hydrogen-bond donors (Lipinski definition) is 0. The Balaban J connectivity index is 1.53. The van der Waals surface area contributed by atoms with Crippen LogP contribution in [0.1, 0.15) is 17.0 Å². The van der Waals surface area contributed by atoms with Crippen molar-refractivity contribution < 1.29 is 13.9 Å². The second-order valence-corrected chi connectivity index (χ2v) is 8.58. The third-order valence-corrected chi connectivity index (χ3v) is 6.24. The van der Waals surface area contributed by atoms with E-state index in [1.165, 1.54) is 4.57 Å². The van der Waals surface area contributed by atoms with E-state index in [2.05, 4.69) is 0 Å². The van der Waals surface area contributed by atoms with Crippen molar-refractivity contribution >= 4 is 11.0 Å². The molecule has 2 aromatic heterocycles. The van der Waals surface area contributed by atoms with Crippen molar-refractivity contribution in [3.8, 4) is 11.5 Å². The van der Waals surface area contributed by atoms with Crippen LogP contribution in [0.2, 0.25) is 0 Å². The summed E-state index contributed by atoms with van der Waals surface area (Å²) in [5.74, 6) is 0.947. The van der Waals surface area contributed by atoms with Crippen LogP contribution in [0.4, 0.5) is 4.39 Å². The molecular formula is C28H25FN4O4. The highest BCUT2D eigenvalue weighted by Gasteiger charge is 2.16. The highest BCUT2D eigenvalue weighted by molar-refractivity contribution is 5.76. The van der Waals surface area contributed by atoms with Crippen LogP contribution in [0.15, 0.2) is 88.6 Å². The zero-order chi connectivity index (χ0) is 25.9. The highest BCUT2D eigenvalue weighted by atomic mass is 19.1. The second kappa shape index (κ2) is 10.1. The monoisotopic (exact) mass is 500 g/mol. The van der Waals surface area contributed by atoms with Crippen LogP contribution >= 0.6 is 0 Å². The van der Waals surface area contributed by atoms with Gasteiger partial charge in [-0.15, -0.1) is 0 Å². The summed E-state index contributed by atoms with van der Waals surface area (Å²) in [7, 11) is 3.16. The fourth-order valence-electron chi connectivity index (χ4n) is 4.27. The number of fused-ring (bicyclic) bond motifs is 1. The maximum absolute atomic E-state index is 14.7. The number of imidazole rings is 1. The molecule has 0 atom stereocenters. The fraction of sp³-hybridized carbons (Fsp3) is 0.179. The van der Waals surface area contributed by atoms with Gasteiger partial charge in [-0.2, -0.15) is 4.39 Å². The molecule has 0 radical (unpaired) electrons. The standard InChI is InChI=1S/C28H25FN4O4/c1-36-21-11-7-19(8-12-21)15-32-25-6-4-3-5-24(25)30-26(32)18-31-17-23(29)27(34)33(28(31)35)16-20-9-13-22(37-2)14-10-20/h3-14,17H,15-16,18H2,1-2H3. The van der Waals surface area contributed by atoms with Crippen LogP contribution in [-0.2, 0) is 19.6 Å². The summed E-state index contributed by atoms with van der Waals surface area (Å²) in [6.07, 6.45) is 0.951. The van der Waals surface area contributed by atoms with Gasteiger partial charge in [-0.05, 0) is 47.5 Å². The van der Waals surface area contributed by atoms with Gasteiger partial charge in [0.05, 0.1) is 44.5 Å². The number of ether oxygens (including phenoxy) is 2. The van der Waals surface area contributed by atoms with Gasteiger partial charge in [0.2, 0.25) is 5.82 Å². The first-order chi connectivity index (χ1) is 18.0. The Bertz CT molecular complexity index is 1670. The summed E-state index contributed by atoms with van der Waals surface area (Å²) in [6.45, 7) is 0.410. The second-order valence-electron chi connectivity index (χ2n) is 8.58. The van der Waals surface area contributed by atoms with E-state index in [-0.39, 0.29) is 13.1 Å². The molecule has 0 aliphatic rings. The number of benzene rings is 3. The minimum absolute atomic E-state index is 0.0104. The van der Waals surface area contributed by atoms with E-state index in [1.54, 1.807) is 38.5 Å². The molecule has 0 saturated carbocycles. The fourth-order valence-corrected chi connectivity index (χ4v) is 4.27. The van der Waals surface area contributed by atoms with Gasteiger partial charge < -0.3 is 14.0 Å². The predicted octanol–water partition coefficient (Wildman–Crippen LogP) is 3.66. The van der Waals surface area contributed by atoms with Crippen molar-refractivity contribution in [3.05, 3.63) is 123 Å². The number of para-hydroxylation sites is 2. The van der Waals surface area contributed by atoms with Crippen molar-refractivity contribution in [2.24, 2.45) is 0 Å².